The fourth-order valence-corrected chi connectivity index (χ4v) is 4.50. The number of benzene rings is 2. The summed E-state index contributed by atoms with van der Waals surface area (Å²) in [6, 6.07) is 11.2. The van der Waals surface area contributed by atoms with Crippen molar-refractivity contribution in [1.82, 2.24) is 9.88 Å². The number of aromatic amines is 1. The minimum absolute atomic E-state index is 0.203. The van der Waals surface area contributed by atoms with Crippen molar-refractivity contribution in [3.05, 3.63) is 52.7 Å². The van der Waals surface area contributed by atoms with Crippen molar-refractivity contribution >= 4 is 34.1 Å². The number of hydrogen-bond donors (Lipinski definition) is 2. The molecule has 0 aliphatic carbocycles. The Morgan fingerprint density at radius 1 is 1.03 bits per heavy atom. The SMILES string of the molecule is O=C(Nc1cc(CN2CCCCC2)c2c(c1)OCCCO2)c1cc2cc(Cl)ccc2[nH]1. The van der Waals surface area contributed by atoms with Crippen LogP contribution in [-0.2, 0) is 6.54 Å². The second-order valence-electron chi connectivity index (χ2n) is 8.22. The summed E-state index contributed by atoms with van der Waals surface area (Å²) in [5.74, 6) is 1.30. The number of nitrogens with zero attached hydrogens (tertiary/aromatic N) is 1. The lowest BCUT2D eigenvalue weighted by molar-refractivity contribution is 0.102. The van der Waals surface area contributed by atoms with Crippen molar-refractivity contribution in [2.75, 3.05) is 31.6 Å². The summed E-state index contributed by atoms with van der Waals surface area (Å²) in [6.07, 6.45) is 4.58. The van der Waals surface area contributed by atoms with Crippen LogP contribution >= 0.6 is 11.6 Å². The normalized spacial score (nSPS) is 16.8. The Bertz CT molecular complexity index is 1100. The van der Waals surface area contributed by atoms with Crippen LogP contribution < -0.4 is 14.8 Å². The molecule has 0 spiro atoms. The van der Waals surface area contributed by atoms with Gasteiger partial charge >= 0.3 is 0 Å². The first-order chi connectivity index (χ1) is 15.2. The molecular formula is C24H26ClN3O3. The van der Waals surface area contributed by atoms with Crippen LogP contribution in [-0.4, -0.2) is 42.1 Å². The first-order valence-electron chi connectivity index (χ1n) is 10.9. The average Bonchev–Trinajstić information content (AvgIpc) is 3.04. The number of carbonyl (C=O) groups is 1. The third-order valence-corrected chi connectivity index (χ3v) is 6.09. The van der Waals surface area contributed by atoms with E-state index in [0.29, 0.717) is 35.4 Å². The summed E-state index contributed by atoms with van der Waals surface area (Å²) in [4.78, 5) is 18.6. The van der Waals surface area contributed by atoms with Gasteiger partial charge in [0.1, 0.15) is 5.69 Å². The molecule has 2 aliphatic rings. The van der Waals surface area contributed by atoms with E-state index in [1.54, 1.807) is 6.07 Å². The Morgan fingerprint density at radius 2 is 1.87 bits per heavy atom. The molecule has 2 aromatic carbocycles. The Balaban J connectivity index is 1.42. The predicted molar refractivity (Wildman–Crippen MR) is 122 cm³/mol. The Kier molecular flexibility index (Phi) is 5.74. The number of aromatic nitrogens is 1. The number of amides is 1. The van der Waals surface area contributed by atoms with Gasteiger partial charge in [-0.3, -0.25) is 9.69 Å². The maximum atomic E-state index is 12.9. The number of nitrogens with one attached hydrogen (secondary N) is 2. The van der Waals surface area contributed by atoms with Crippen molar-refractivity contribution in [1.29, 1.82) is 0 Å². The van der Waals surface area contributed by atoms with Gasteiger partial charge in [0.15, 0.2) is 11.5 Å². The van der Waals surface area contributed by atoms with E-state index in [4.69, 9.17) is 21.1 Å². The molecule has 2 aliphatic heterocycles. The molecule has 0 atom stereocenters. The van der Waals surface area contributed by atoms with Gasteiger partial charge in [0.25, 0.3) is 5.91 Å². The van der Waals surface area contributed by atoms with E-state index in [9.17, 15) is 4.79 Å². The highest BCUT2D eigenvalue weighted by Gasteiger charge is 2.21. The Morgan fingerprint density at radius 3 is 2.74 bits per heavy atom. The number of likely N-dealkylation sites (tertiary alicyclic amines) is 1. The third kappa shape index (κ3) is 4.50. The van der Waals surface area contributed by atoms with Crippen molar-refractivity contribution < 1.29 is 14.3 Å². The lowest BCUT2D eigenvalue weighted by Crippen LogP contribution is -2.29. The van der Waals surface area contributed by atoms with Crippen LogP contribution in [0, 0.1) is 0 Å². The average molecular weight is 440 g/mol. The molecule has 5 rings (SSSR count). The lowest BCUT2D eigenvalue weighted by atomic mass is 10.1. The fourth-order valence-electron chi connectivity index (χ4n) is 4.32. The van der Waals surface area contributed by atoms with Crippen LogP contribution in [0.3, 0.4) is 0 Å². The van der Waals surface area contributed by atoms with Crippen LogP contribution in [0.25, 0.3) is 10.9 Å². The van der Waals surface area contributed by atoms with Gasteiger partial charge in [-0.1, -0.05) is 18.0 Å². The van der Waals surface area contributed by atoms with Gasteiger partial charge in [-0.15, -0.1) is 0 Å². The largest absolute Gasteiger partial charge is 0.489 e. The summed E-state index contributed by atoms with van der Waals surface area (Å²) < 4.78 is 12.0. The molecule has 3 aromatic rings. The molecule has 1 aromatic heterocycles. The Labute approximate surface area is 186 Å². The first kappa shape index (κ1) is 20.2. The van der Waals surface area contributed by atoms with E-state index in [-0.39, 0.29) is 5.91 Å². The van der Waals surface area contributed by atoms with Gasteiger partial charge in [-0.2, -0.15) is 0 Å². The highest BCUT2D eigenvalue weighted by Crippen LogP contribution is 2.38. The number of halogens is 1. The second-order valence-corrected chi connectivity index (χ2v) is 8.66. The van der Waals surface area contributed by atoms with E-state index in [1.165, 1.54) is 19.3 Å². The summed E-state index contributed by atoms with van der Waals surface area (Å²) in [5.41, 5.74) is 3.12. The molecule has 3 heterocycles. The summed E-state index contributed by atoms with van der Waals surface area (Å²) in [7, 11) is 0. The smallest absolute Gasteiger partial charge is 0.272 e. The number of H-pyrrole nitrogens is 1. The Hall–Kier alpha value is -2.70. The summed E-state index contributed by atoms with van der Waals surface area (Å²) in [5, 5.41) is 4.57. The quantitative estimate of drug-likeness (QED) is 0.584. The predicted octanol–water partition coefficient (Wildman–Crippen LogP) is 5.22. The van der Waals surface area contributed by atoms with E-state index < -0.39 is 0 Å². The molecule has 0 bridgehead atoms. The van der Waals surface area contributed by atoms with Crippen molar-refractivity contribution in [2.45, 2.75) is 32.2 Å². The van der Waals surface area contributed by atoms with Crippen molar-refractivity contribution in [3.8, 4) is 11.5 Å². The topological polar surface area (TPSA) is 66.6 Å². The number of anilines is 1. The highest BCUT2D eigenvalue weighted by molar-refractivity contribution is 6.31. The summed E-state index contributed by atoms with van der Waals surface area (Å²) in [6.45, 7) is 4.22. The van der Waals surface area contributed by atoms with E-state index in [2.05, 4.69) is 15.2 Å². The van der Waals surface area contributed by atoms with E-state index in [0.717, 1.165) is 48.3 Å². The minimum atomic E-state index is -0.203. The van der Waals surface area contributed by atoms with Gasteiger partial charge in [0.2, 0.25) is 0 Å². The van der Waals surface area contributed by atoms with Crippen LogP contribution in [0.5, 0.6) is 11.5 Å². The van der Waals surface area contributed by atoms with Gasteiger partial charge in [0.05, 0.1) is 13.2 Å². The fraction of sp³-hybridized carbons (Fsp3) is 0.375. The first-order valence-corrected chi connectivity index (χ1v) is 11.3. The molecule has 0 unspecified atom stereocenters. The third-order valence-electron chi connectivity index (χ3n) is 5.85. The molecule has 162 valence electrons. The zero-order valence-electron chi connectivity index (χ0n) is 17.4. The minimum Gasteiger partial charge on any atom is -0.489 e. The molecule has 2 N–H and O–H groups in total. The van der Waals surface area contributed by atoms with Crippen molar-refractivity contribution in [3.63, 3.8) is 0 Å². The van der Waals surface area contributed by atoms with Gasteiger partial charge in [-0.05, 0) is 56.3 Å². The summed E-state index contributed by atoms with van der Waals surface area (Å²) >= 11 is 6.07. The number of rotatable bonds is 4. The maximum Gasteiger partial charge on any atom is 0.272 e. The molecule has 0 saturated carbocycles. The standard InChI is InChI=1S/C24H26ClN3O3/c25-18-5-6-20-16(11-18)13-21(27-20)24(29)26-19-12-17(15-28-7-2-1-3-8-28)23-22(14-19)30-9-4-10-31-23/h5-6,11-14,27H,1-4,7-10,15H2,(H,26,29). The van der Waals surface area contributed by atoms with Crippen LogP contribution in [0.4, 0.5) is 5.69 Å². The molecule has 31 heavy (non-hydrogen) atoms. The molecule has 1 fully saturated rings. The number of fused-ring (bicyclic) bond motifs is 2. The molecular weight excluding hydrogens is 414 g/mol. The second kappa shape index (κ2) is 8.81. The van der Waals surface area contributed by atoms with Gasteiger partial charge in [-0.25, -0.2) is 0 Å². The van der Waals surface area contributed by atoms with Crippen LogP contribution in [0.15, 0.2) is 36.4 Å². The van der Waals surface area contributed by atoms with Crippen LogP contribution in [0.1, 0.15) is 41.7 Å². The van der Waals surface area contributed by atoms with Crippen LogP contribution in [0.2, 0.25) is 5.02 Å². The molecule has 6 nitrogen and oxygen atoms in total. The lowest BCUT2D eigenvalue weighted by Gasteiger charge is -2.27. The molecule has 1 amide bonds. The monoisotopic (exact) mass is 439 g/mol. The zero-order chi connectivity index (χ0) is 21.2. The molecule has 1 saturated heterocycles. The van der Waals surface area contributed by atoms with E-state index >= 15 is 0 Å². The molecule has 7 heteroatoms. The number of hydrogen-bond acceptors (Lipinski definition) is 4. The highest BCUT2D eigenvalue weighted by atomic mass is 35.5. The van der Waals surface area contributed by atoms with Crippen molar-refractivity contribution in [2.24, 2.45) is 0 Å². The van der Waals surface area contributed by atoms with E-state index in [1.807, 2.05) is 30.3 Å². The number of carbonyl (C=O) groups excluding carboxylic acids is 1. The van der Waals surface area contributed by atoms with Gasteiger partial charge < -0.3 is 19.8 Å². The van der Waals surface area contributed by atoms with Gasteiger partial charge in [0, 0.05) is 46.2 Å². The number of ether oxygens (including phenoxy) is 2. The maximum absolute atomic E-state index is 12.9. The zero-order valence-corrected chi connectivity index (χ0v) is 18.1. The number of piperidine rings is 1. The molecule has 0 radical (unpaired) electrons.